The maximum Gasteiger partial charge on any atom is 0.261 e. The number of pyridine rings is 1. The van der Waals surface area contributed by atoms with Gasteiger partial charge in [-0.05, 0) is 70.1 Å². The van der Waals surface area contributed by atoms with Gasteiger partial charge in [0, 0.05) is 12.8 Å². The molecule has 0 spiro atoms. The van der Waals surface area contributed by atoms with Gasteiger partial charge in [-0.3, -0.25) is 4.98 Å². The molecule has 0 N–H and O–H groups in total. The Morgan fingerprint density at radius 1 is 0.778 bits per heavy atom. The summed E-state index contributed by atoms with van der Waals surface area (Å²) < 4.78 is 7.13. The molecule has 3 aromatic carbocycles. The molecule has 0 aliphatic heterocycles. The Hall–Kier alpha value is -3.27. The van der Waals surface area contributed by atoms with E-state index in [9.17, 15) is 0 Å². The zero-order valence-electron chi connectivity index (χ0n) is 21.9. The Bertz CT molecular complexity index is 1220. The lowest BCUT2D eigenvalue weighted by atomic mass is 9.96. The molecule has 36 heavy (non-hydrogen) atoms. The summed E-state index contributed by atoms with van der Waals surface area (Å²) in [4.78, 5) is 4.55. The third-order valence-corrected chi connectivity index (χ3v) is 11.9. The van der Waals surface area contributed by atoms with Crippen molar-refractivity contribution in [2.24, 2.45) is 0 Å². The number of benzene rings is 3. The van der Waals surface area contributed by atoms with Crippen molar-refractivity contribution in [2.75, 3.05) is 6.61 Å². The molecule has 0 amide bonds. The van der Waals surface area contributed by atoms with Gasteiger partial charge in [-0.2, -0.15) is 0 Å². The predicted octanol–water partition coefficient (Wildman–Crippen LogP) is 7.29. The quantitative estimate of drug-likeness (QED) is 0.181. The zero-order valence-corrected chi connectivity index (χ0v) is 22.9. The fourth-order valence-corrected chi connectivity index (χ4v) is 9.71. The number of aromatic nitrogens is 1. The van der Waals surface area contributed by atoms with E-state index in [2.05, 4.69) is 130 Å². The van der Waals surface area contributed by atoms with Gasteiger partial charge in [-0.25, -0.2) is 0 Å². The molecule has 0 aliphatic rings. The minimum atomic E-state index is -2.52. The van der Waals surface area contributed by atoms with Crippen molar-refractivity contribution in [1.29, 1.82) is 0 Å². The van der Waals surface area contributed by atoms with Crippen LogP contribution in [0.4, 0.5) is 0 Å². The largest absolute Gasteiger partial charge is 0.407 e. The third kappa shape index (κ3) is 5.75. The maximum atomic E-state index is 7.13. The number of aryl methyl sites for hydroxylation is 1. The first-order valence-electron chi connectivity index (χ1n) is 12.8. The van der Waals surface area contributed by atoms with Gasteiger partial charge in [0.15, 0.2) is 0 Å². The van der Waals surface area contributed by atoms with E-state index in [1.165, 1.54) is 27.1 Å². The number of rotatable bonds is 9. The smallest absolute Gasteiger partial charge is 0.261 e. The summed E-state index contributed by atoms with van der Waals surface area (Å²) in [5, 5.41) is 2.64. The highest BCUT2D eigenvalue weighted by Gasteiger charge is 2.49. The topological polar surface area (TPSA) is 22.1 Å². The normalized spacial score (nSPS) is 12.5. The van der Waals surface area contributed by atoms with Crippen LogP contribution in [0.5, 0.6) is 0 Å². The van der Waals surface area contributed by atoms with E-state index in [1.54, 1.807) is 0 Å². The molecule has 0 radical (unpaired) electrons. The lowest BCUT2D eigenvalue weighted by molar-refractivity contribution is 0.293. The Labute approximate surface area is 217 Å². The fraction of sp³-hybridized carbons (Fsp3) is 0.242. The van der Waals surface area contributed by atoms with Crippen LogP contribution in [0.1, 0.15) is 50.4 Å². The Morgan fingerprint density at radius 2 is 1.36 bits per heavy atom. The molecular formula is C33H37NOSi. The highest BCUT2D eigenvalue weighted by Crippen LogP contribution is 2.37. The molecule has 1 heterocycles. The second kappa shape index (κ2) is 11.6. The lowest BCUT2D eigenvalue weighted by Gasteiger charge is -2.43. The van der Waals surface area contributed by atoms with Crippen molar-refractivity contribution in [2.45, 2.75) is 45.6 Å². The van der Waals surface area contributed by atoms with E-state index in [0.717, 1.165) is 18.5 Å². The van der Waals surface area contributed by atoms with Gasteiger partial charge >= 0.3 is 0 Å². The molecule has 0 fully saturated rings. The van der Waals surface area contributed by atoms with Gasteiger partial charge in [0.1, 0.15) is 0 Å². The minimum absolute atomic E-state index is 0.0155. The maximum absolute atomic E-state index is 7.13. The summed E-state index contributed by atoms with van der Waals surface area (Å²) in [6.45, 7) is 9.88. The van der Waals surface area contributed by atoms with Crippen molar-refractivity contribution < 1.29 is 4.43 Å². The molecule has 4 aromatic rings. The molecule has 0 bridgehead atoms. The van der Waals surface area contributed by atoms with Crippen LogP contribution in [0.2, 0.25) is 5.04 Å². The van der Waals surface area contributed by atoms with Crippen molar-refractivity contribution in [3.05, 3.63) is 126 Å². The van der Waals surface area contributed by atoms with Crippen LogP contribution < -0.4 is 10.4 Å². The molecule has 3 heteroatoms. The number of hydrogen-bond donors (Lipinski definition) is 0. The van der Waals surface area contributed by atoms with Crippen LogP contribution in [0.3, 0.4) is 0 Å². The second-order valence-electron chi connectivity index (χ2n) is 10.4. The molecule has 4 rings (SSSR count). The van der Waals surface area contributed by atoms with Gasteiger partial charge in [-0.15, -0.1) is 0 Å². The Kier molecular flexibility index (Phi) is 8.35. The average molecular weight is 492 g/mol. The zero-order chi connectivity index (χ0) is 25.4. The van der Waals surface area contributed by atoms with E-state index in [0.29, 0.717) is 6.61 Å². The van der Waals surface area contributed by atoms with E-state index in [-0.39, 0.29) is 5.04 Å². The third-order valence-electron chi connectivity index (χ3n) is 6.83. The van der Waals surface area contributed by atoms with E-state index >= 15 is 0 Å². The van der Waals surface area contributed by atoms with Gasteiger partial charge < -0.3 is 4.43 Å². The molecular weight excluding hydrogens is 454 g/mol. The fourth-order valence-electron chi connectivity index (χ4n) is 5.11. The van der Waals surface area contributed by atoms with Crippen molar-refractivity contribution in [3.8, 4) is 0 Å². The van der Waals surface area contributed by atoms with Gasteiger partial charge in [0.2, 0.25) is 0 Å². The van der Waals surface area contributed by atoms with Crippen LogP contribution in [-0.4, -0.2) is 19.9 Å². The van der Waals surface area contributed by atoms with E-state index < -0.39 is 8.32 Å². The van der Waals surface area contributed by atoms with Gasteiger partial charge in [0.05, 0.1) is 5.69 Å². The Balaban J connectivity index is 1.62. The van der Waals surface area contributed by atoms with Gasteiger partial charge in [-0.1, -0.05) is 112 Å². The monoisotopic (exact) mass is 491 g/mol. The van der Waals surface area contributed by atoms with Crippen LogP contribution >= 0.6 is 0 Å². The van der Waals surface area contributed by atoms with E-state index in [4.69, 9.17) is 4.43 Å². The molecule has 0 atom stereocenters. The number of allylic oxidation sites excluding steroid dienone is 1. The first-order valence-corrected chi connectivity index (χ1v) is 14.8. The molecule has 0 saturated heterocycles. The molecule has 1 aromatic heterocycles. The van der Waals surface area contributed by atoms with Crippen LogP contribution in [-0.2, 0) is 4.43 Å². The van der Waals surface area contributed by atoms with Crippen LogP contribution in [0, 0.1) is 6.92 Å². The standard InChI is InChI=1S/C33H37NOSi/c1-27-16-11-12-23-32(27)28(26-29-18-13-14-24-34-29)17-15-25-35-36(33(2,3)4,30-19-7-5-8-20-30)31-21-9-6-10-22-31/h5-14,16,18-24,26H,15,17,25H2,1-4H3/b28-26+. The Morgan fingerprint density at radius 3 is 1.92 bits per heavy atom. The van der Waals surface area contributed by atoms with Crippen molar-refractivity contribution in [1.82, 2.24) is 4.98 Å². The number of nitrogens with zero attached hydrogens (tertiary/aromatic N) is 1. The van der Waals surface area contributed by atoms with Crippen LogP contribution in [0.15, 0.2) is 109 Å². The summed E-state index contributed by atoms with van der Waals surface area (Å²) in [6, 6.07) is 36.4. The highest BCUT2D eigenvalue weighted by atomic mass is 28.4. The first-order chi connectivity index (χ1) is 17.4. The second-order valence-corrected chi connectivity index (χ2v) is 14.7. The SMILES string of the molecule is Cc1ccccc1/C(=C/c1ccccn1)CCCO[Si](c1ccccc1)(c1ccccc1)C(C)(C)C. The summed E-state index contributed by atoms with van der Waals surface area (Å²) in [5.41, 5.74) is 4.86. The molecule has 0 aliphatic carbocycles. The summed E-state index contributed by atoms with van der Waals surface area (Å²) in [6.07, 6.45) is 5.95. The molecule has 184 valence electrons. The first kappa shape index (κ1) is 25.8. The molecule has 2 nitrogen and oxygen atoms in total. The van der Waals surface area contributed by atoms with E-state index in [1.807, 2.05) is 18.3 Å². The highest BCUT2D eigenvalue weighted by molar-refractivity contribution is 6.99. The lowest BCUT2D eigenvalue weighted by Crippen LogP contribution is -2.66. The van der Waals surface area contributed by atoms with Crippen LogP contribution in [0.25, 0.3) is 11.6 Å². The van der Waals surface area contributed by atoms with Crippen molar-refractivity contribution in [3.63, 3.8) is 0 Å². The predicted molar refractivity (Wildman–Crippen MR) is 156 cm³/mol. The average Bonchev–Trinajstić information content (AvgIpc) is 2.89. The minimum Gasteiger partial charge on any atom is -0.407 e. The summed E-state index contributed by atoms with van der Waals surface area (Å²) >= 11 is 0. The number of hydrogen-bond acceptors (Lipinski definition) is 2. The summed E-state index contributed by atoms with van der Waals surface area (Å²) in [7, 11) is -2.52. The molecule has 0 saturated carbocycles. The van der Waals surface area contributed by atoms with Gasteiger partial charge in [0.25, 0.3) is 8.32 Å². The summed E-state index contributed by atoms with van der Waals surface area (Å²) in [5.74, 6) is 0. The van der Waals surface area contributed by atoms with Crippen molar-refractivity contribution >= 4 is 30.3 Å². The molecule has 0 unspecified atom stereocenters.